The summed E-state index contributed by atoms with van der Waals surface area (Å²) < 4.78 is 33.4. The molecule has 0 aromatic heterocycles. The van der Waals surface area contributed by atoms with Crippen molar-refractivity contribution < 1.29 is 23.1 Å². The number of ether oxygens (including phenoxy) is 1. The lowest BCUT2D eigenvalue weighted by Crippen LogP contribution is -2.36. The summed E-state index contributed by atoms with van der Waals surface area (Å²) in [5.74, 6) is -1.31. The number of halogens is 2. The molecule has 1 N–H and O–H groups in total. The van der Waals surface area contributed by atoms with Gasteiger partial charge < -0.3 is 15.0 Å². The standard InChI is InChI=1S/C41H45F2N3O3/c1-4-41(42,43)34-16-20-36(21-17-34)49-35-18-13-33(14-19-35)39(47)25-30-7-5-8-31(11-10-30)26-46-27-38-29(3)37(40(48)45-24-6-23-44)22-15-32(38)12-9-28(46)2/h4,12-22,27-28,30-31H,1,5-11,24-26H2,2-3H3,(H,45,48). The highest BCUT2D eigenvalue weighted by atomic mass is 19.3. The average Bonchev–Trinajstić information content (AvgIpc) is 3.41. The molecule has 1 fully saturated rings. The van der Waals surface area contributed by atoms with Crippen LogP contribution in [0.1, 0.15) is 90.1 Å². The van der Waals surface area contributed by atoms with Gasteiger partial charge in [-0.1, -0.05) is 25.1 Å². The van der Waals surface area contributed by atoms with Crippen molar-refractivity contribution in [3.05, 3.63) is 106 Å². The summed E-state index contributed by atoms with van der Waals surface area (Å²) >= 11 is 0. The van der Waals surface area contributed by atoms with Crippen molar-refractivity contribution in [1.82, 2.24) is 10.2 Å². The molecule has 8 heteroatoms. The van der Waals surface area contributed by atoms with Crippen molar-refractivity contribution in [3.8, 4) is 17.6 Å². The molecular weight excluding hydrogens is 620 g/mol. The van der Waals surface area contributed by atoms with Gasteiger partial charge in [-0.15, -0.1) is 0 Å². The number of fused-ring (bicyclic) bond motifs is 1. The number of alkyl halides is 2. The molecule has 0 bridgehead atoms. The van der Waals surface area contributed by atoms with E-state index < -0.39 is 5.92 Å². The van der Waals surface area contributed by atoms with Crippen LogP contribution in [0.4, 0.5) is 8.78 Å². The van der Waals surface area contributed by atoms with E-state index in [1.165, 1.54) is 24.3 Å². The van der Waals surface area contributed by atoms with Gasteiger partial charge in [0, 0.05) is 53.7 Å². The number of hydrogen-bond donors (Lipinski definition) is 1. The molecule has 5 rings (SSSR count). The molecule has 1 aliphatic heterocycles. The van der Waals surface area contributed by atoms with Gasteiger partial charge in [-0.05, 0) is 129 Å². The highest BCUT2D eigenvalue weighted by Crippen LogP contribution is 2.33. The van der Waals surface area contributed by atoms with E-state index >= 15 is 0 Å². The fourth-order valence-electron chi connectivity index (χ4n) is 6.86. The van der Waals surface area contributed by atoms with Gasteiger partial charge in [0.05, 0.1) is 12.5 Å². The Bertz CT molecular complexity index is 1810. The van der Waals surface area contributed by atoms with E-state index in [0.717, 1.165) is 61.1 Å². The quantitative estimate of drug-likeness (QED) is 0.0925. The Kier molecular flexibility index (Phi) is 11.7. The Morgan fingerprint density at radius 2 is 1.69 bits per heavy atom. The van der Waals surface area contributed by atoms with Crippen LogP contribution in [-0.4, -0.2) is 35.7 Å². The monoisotopic (exact) mass is 665 g/mol. The van der Waals surface area contributed by atoms with Crippen molar-refractivity contribution in [2.75, 3.05) is 13.1 Å². The van der Waals surface area contributed by atoms with Crippen LogP contribution in [0.15, 0.2) is 73.3 Å². The lowest BCUT2D eigenvalue weighted by atomic mass is 9.91. The maximum Gasteiger partial charge on any atom is 0.291 e. The number of hydrogen-bond acceptors (Lipinski definition) is 5. The lowest BCUT2D eigenvalue weighted by Gasteiger charge is -2.30. The summed E-state index contributed by atoms with van der Waals surface area (Å²) in [5, 5.41) is 13.9. The van der Waals surface area contributed by atoms with Crippen LogP contribution in [0.2, 0.25) is 0 Å². The number of amides is 1. The third-order valence-electron chi connectivity index (χ3n) is 9.91. The number of allylic oxidation sites excluding steroid dienone is 1. The second-order valence-electron chi connectivity index (χ2n) is 13.4. The zero-order valence-electron chi connectivity index (χ0n) is 28.4. The minimum absolute atomic E-state index is 0.121. The van der Waals surface area contributed by atoms with E-state index in [1.807, 2.05) is 19.1 Å². The van der Waals surface area contributed by atoms with Crippen LogP contribution >= 0.6 is 0 Å². The lowest BCUT2D eigenvalue weighted by molar-refractivity contribution is 0.0525. The number of carbonyl (C=O) groups is 2. The van der Waals surface area contributed by atoms with E-state index in [4.69, 9.17) is 10.00 Å². The number of rotatable bonds is 12. The molecule has 1 saturated carbocycles. The minimum atomic E-state index is -3.10. The second-order valence-corrected chi connectivity index (χ2v) is 13.4. The molecular formula is C41H45F2N3O3. The first kappa shape index (κ1) is 35.5. The number of benzene rings is 3. The Morgan fingerprint density at radius 3 is 2.39 bits per heavy atom. The number of ketones is 1. The molecule has 256 valence electrons. The van der Waals surface area contributed by atoms with Crippen molar-refractivity contribution >= 4 is 24.0 Å². The summed E-state index contributed by atoms with van der Waals surface area (Å²) in [6.07, 6.45) is 12.1. The van der Waals surface area contributed by atoms with Crippen LogP contribution in [0.25, 0.3) is 12.3 Å². The molecule has 3 aromatic carbocycles. The highest BCUT2D eigenvalue weighted by molar-refractivity contribution is 5.96. The normalized spacial score (nSPS) is 19.2. The molecule has 1 heterocycles. The molecule has 1 aliphatic carbocycles. The highest BCUT2D eigenvalue weighted by Gasteiger charge is 2.27. The third-order valence-corrected chi connectivity index (χ3v) is 9.91. The van der Waals surface area contributed by atoms with Crippen molar-refractivity contribution in [1.29, 1.82) is 5.26 Å². The maximum atomic E-state index is 13.8. The topological polar surface area (TPSA) is 82.4 Å². The number of Topliss-reactive ketones (excluding diaryl/α,β-unsaturated/α-hetero) is 1. The van der Waals surface area contributed by atoms with Crippen LogP contribution in [0.5, 0.6) is 11.5 Å². The smallest absolute Gasteiger partial charge is 0.291 e. The Morgan fingerprint density at radius 1 is 1.02 bits per heavy atom. The van der Waals surface area contributed by atoms with Gasteiger partial charge in [0.15, 0.2) is 5.78 Å². The average molecular weight is 666 g/mol. The van der Waals surface area contributed by atoms with Crippen molar-refractivity contribution in [2.45, 2.75) is 77.2 Å². The van der Waals surface area contributed by atoms with Crippen molar-refractivity contribution in [3.63, 3.8) is 0 Å². The fraction of sp³-hybridized carbons (Fsp3) is 0.390. The molecule has 0 saturated heterocycles. The van der Waals surface area contributed by atoms with Gasteiger partial charge in [-0.2, -0.15) is 14.0 Å². The van der Waals surface area contributed by atoms with Crippen LogP contribution in [-0.2, 0) is 5.92 Å². The number of nitrogens with one attached hydrogen (secondary N) is 1. The summed E-state index contributed by atoms with van der Waals surface area (Å²) in [6, 6.07) is 18.9. The molecule has 3 aromatic rings. The van der Waals surface area contributed by atoms with E-state index in [2.05, 4.69) is 42.1 Å². The first-order chi connectivity index (χ1) is 23.6. The molecule has 3 unspecified atom stereocenters. The van der Waals surface area contributed by atoms with Crippen LogP contribution in [0.3, 0.4) is 0 Å². The summed E-state index contributed by atoms with van der Waals surface area (Å²) in [6.45, 7) is 8.71. The first-order valence-corrected chi connectivity index (χ1v) is 17.2. The first-order valence-electron chi connectivity index (χ1n) is 17.2. The number of nitriles is 1. The van der Waals surface area contributed by atoms with Crippen LogP contribution < -0.4 is 20.5 Å². The molecule has 0 spiro atoms. The van der Waals surface area contributed by atoms with Gasteiger partial charge >= 0.3 is 0 Å². The predicted octanol–water partition coefficient (Wildman–Crippen LogP) is 7.79. The predicted molar refractivity (Wildman–Crippen MR) is 189 cm³/mol. The Hall–Kier alpha value is -4.77. The molecule has 49 heavy (non-hydrogen) atoms. The van der Waals surface area contributed by atoms with Gasteiger partial charge in [-0.3, -0.25) is 9.59 Å². The Labute approximate surface area is 287 Å². The van der Waals surface area contributed by atoms with E-state index in [1.54, 1.807) is 24.3 Å². The maximum absolute atomic E-state index is 13.8. The second kappa shape index (κ2) is 16.1. The van der Waals surface area contributed by atoms with Gasteiger partial charge in [0.25, 0.3) is 11.8 Å². The minimum Gasteiger partial charge on any atom is -0.457 e. The molecule has 2 aliphatic rings. The number of carbonyl (C=O) groups excluding carboxylic acids is 2. The van der Waals surface area contributed by atoms with E-state index in [-0.39, 0.29) is 23.7 Å². The van der Waals surface area contributed by atoms with Gasteiger partial charge in [0.1, 0.15) is 11.5 Å². The molecule has 6 nitrogen and oxygen atoms in total. The van der Waals surface area contributed by atoms with E-state index in [9.17, 15) is 18.4 Å². The van der Waals surface area contributed by atoms with Crippen molar-refractivity contribution in [2.24, 2.45) is 11.8 Å². The third kappa shape index (κ3) is 9.03. The summed E-state index contributed by atoms with van der Waals surface area (Å²) in [5.41, 5.74) is 2.09. The summed E-state index contributed by atoms with van der Waals surface area (Å²) in [4.78, 5) is 28.5. The fourth-order valence-corrected chi connectivity index (χ4v) is 6.86. The molecule has 0 radical (unpaired) electrons. The van der Waals surface area contributed by atoms with Gasteiger partial charge in [0.2, 0.25) is 0 Å². The van der Waals surface area contributed by atoms with Crippen LogP contribution in [0, 0.1) is 30.1 Å². The largest absolute Gasteiger partial charge is 0.457 e. The molecule has 1 amide bonds. The zero-order chi connectivity index (χ0) is 35.0. The molecule has 3 atom stereocenters. The zero-order valence-corrected chi connectivity index (χ0v) is 28.4. The van der Waals surface area contributed by atoms with E-state index in [0.29, 0.717) is 59.5 Å². The number of nitrogens with zero attached hydrogens (tertiary/aromatic N) is 2. The Balaban J connectivity index is 1.16. The van der Waals surface area contributed by atoms with Gasteiger partial charge in [-0.25, -0.2) is 0 Å². The summed E-state index contributed by atoms with van der Waals surface area (Å²) in [7, 11) is 0. The SMILES string of the molecule is C=CC(F)(F)c1ccc(Oc2ccc(C(=O)CC3CCCC(CN4C=c5c(C)c(C(=O)NCCC#N)ccc5=CCC4C)CC3)cc2)cc1.